The zero-order valence-electron chi connectivity index (χ0n) is 19.7. The van der Waals surface area contributed by atoms with Gasteiger partial charge in [-0.3, -0.25) is 14.3 Å². The summed E-state index contributed by atoms with van der Waals surface area (Å²) in [6.07, 6.45) is -1.69. The number of aromatic nitrogens is 2. The Morgan fingerprint density at radius 1 is 0.889 bits per heavy atom. The highest BCUT2D eigenvalue weighted by Crippen LogP contribution is 2.36. The highest BCUT2D eigenvalue weighted by molar-refractivity contribution is 6.01. The molecule has 4 rings (SSSR count). The van der Waals surface area contributed by atoms with Gasteiger partial charge in [0.1, 0.15) is 5.54 Å². The predicted octanol–water partition coefficient (Wildman–Crippen LogP) is 6.37. The molecule has 0 spiro atoms. The van der Waals surface area contributed by atoms with Crippen molar-refractivity contribution in [1.29, 1.82) is 0 Å². The van der Waals surface area contributed by atoms with E-state index in [0.717, 1.165) is 34.9 Å². The third-order valence-electron chi connectivity index (χ3n) is 5.95. The van der Waals surface area contributed by atoms with Crippen LogP contribution in [0.3, 0.4) is 0 Å². The fraction of sp³-hybridized carbons (Fsp3) is 0.179. The van der Waals surface area contributed by atoms with Crippen LogP contribution in [-0.2, 0) is 22.9 Å². The number of alkyl halides is 3. The van der Waals surface area contributed by atoms with Crippen LogP contribution >= 0.6 is 0 Å². The first-order valence-electron chi connectivity index (χ1n) is 11.3. The number of ketones is 1. The number of carbonyl (C=O) groups is 2. The van der Waals surface area contributed by atoms with E-state index in [1.54, 1.807) is 12.3 Å². The van der Waals surface area contributed by atoms with Gasteiger partial charge in [0, 0.05) is 24.4 Å². The molecule has 5 nitrogen and oxygen atoms in total. The molecule has 0 saturated heterocycles. The van der Waals surface area contributed by atoms with E-state index in [-0.39, 0.29) is 17.8 Å². The molecular weight excluding hydrogens is 467 g/mol. The van der Waals surface area contributed by atoms with E-state index in [2.05, 4.69) is 10.4 Å². The number of benzene rings is 3. The second-order valence-electron chi connectivity index (χ2n) is 8.88. The average molecular weight is 492 g/mol. The van der Waals surface area contributed by atoms with Crippen LogP contribution in [-0.4, -0.2) is 21.5 Å². The Balaban J connectivity index is 1.57. The van der Waals surface area contributed by atoms with Gasteiger partial charge >= 0.3 is 6.18 Å². The molecule has 3 aromatic carbocycles. The minimum absolute atomic E-state index is 0.00655. The van der Waals surface area contributed by atoms with Crippen molar-refractivity contribution in [3.05, 3.63) is 108 Å². The number of hydrogen-bond acceptors (Lipinski definition) is 3. The fourth-order valence-electron chi connectivity index (χ4n) is 3.78. The molecule has 1 heterocycles. The van der Waals surface area contributed by atoms with Crippen LogP contribution in [0.4, 0.5) is 18.9 Å². The van der Waals surface area contributed by atoms with Crippen molar-refractivity contribution in [2.45, 2.75) is 32.0 Å². The SMILES string of the molecule is CC(C)(C(=O)Nc1cc(C(=O)Cc2ccc(-c3ccccc3)cc2)ccc1C(F)(F)F)n1cccn1. The zero-order chi connectivity index (χ0) is 25.9. The molecule has 0 saturated carbocycles. The van der Waals surface area contributed by atoms with Crippen molar-refractivity contribution >= 4 is 17.4 Å². The van der Waals surface area contributed by atoms with Crippen LogP contribution < -0.4 is 5.32 Å². The lowest BCUT2D eigenvalue weighted by Crippen LogP contribution is -2.41. The summed E-state index contributed by atoms with van der Waals surface area (Å²) in [5.41, 5.74) is 0.0660. The predicted molar refractivity (Wildman–Crippen MR) is 132 cm³/mol. The smallest absolute Gasteiger partial charge is 0.323 e. The summed E-state index contributed by atoms with van der Waals surface area (Å²) < 4.78 is 42.4. The molecular formula is C28H24F3N3O2. The Bertz CT molecular complexity index is 1360. The van der Waals surface area contributed by atoms with Crippen molar-refractivity contribution in [1.82, 2.24) is 9.78 Å². The lowest BCUT2D eigenvalue weighted by Gasteiger charge is -2.25. The largest absolute Gasteiger partial charge is 0.418 e. The topological polar surface area (TPSA) is 64.0 Å². The fourth-order valence-corrected chi connectivity index (χ4v) is 3.78. The summed E-state index contributed by atoms with van der Waals surface area (Å²) in [6.45, 7) is 3.08. The van der Waals surface area contributed by atoms with E-state index in [4.69, 9.17) is 0 Å². The third kappa shape index (κ3) is 5.38. The highest BCUT2D eigenvalue weighted by Gasteiger charge is 2.37. The minimum Gasteiger partial charge on any atom is -0.323 e. The lowest BCUT2D eigenvalue weighted by molar-refractivity contribution is -0.137. The van der Waals surface area contributed by atoms with Crippen molar-refractivity contribution in [2.24, 2.45) is 0 Å². The van der Waals surface area contributed by atoms with Gasteiger partial charge in [-0.15, -0.1) is 0 Å². The van der Waals surface area contributed by atoms with Crippen LogP contribution in [0, 0.1) is 0 Å². The summed E-state index contributed by atoms with van der Waals surface area (Å²) in [7, 11) is 0. The van der Waals surface area contributed by atoms with Gasteiger partial charge in [-0.05, 0) is 48.7 Å². The van der Waals surface area contributed by atoms with Crippen LogP contribution in [0.5, 0.6) is 0 Å². The monoisotopic (exact) mass is 491 g/mol. The van der Waals surface area contributed by atoms with Crippen LogP contribution in [0.2, 0.25) is 0 Å². The van der Waals surface area contributed by atoms with E-state index < -0.39 is 28.9 Å². The normalized spacial score (nSPS) is 11.8. The number of rotatable bonds is 7. The van der Waals surface area contributed by atoms with Gasteiger partial charge in [0.2, 0.25) is 0 Å². The van der Waals surface area contributed by atoms with Crippen molar-refractivity contribution < 1.29 is 22.8 Å². The van der Waals surface area contributed by atoms with Crippen LogP contribution in [0.1, 0.15) is 35.3 Å². The summed E-state index contributed by atoms with van der Waals surface area (Å²) in [6, 6.07) is 21.8. The molecule has 0 unspecified atom stereocenters. The second kappa shape index (κ2) is 9.81. The van der Waals surface area contributed by atoms with Gasteiger partial charge in [-0.2, -0.15) is 18.3 Å². The standard InChI is InChI=1S/C28H24F3N3O2/c1-27(2,34-16-6-15-32-34)26(36)33-24-18-22(13-14-23(24)28(29,30)31)25(35)17-19-9-11-21(12-10-19)20-7-4-3-5-8-20/h3-16,18H,17H2,1-2H3,(H,33,36). The number of nitrogens with zero attached hydrogens (tertiary/aromatic N) is 2. The number of carbonyl (C=O) groups excluding carboxylic acids is 2. The Morgan fingerprint density at radius 3 is 2.17 bits per heavy atom. The van der Waals surface area contributed by atoms with Gasteiger partial charge in [0.05, 0.1) is 11.3 Å². The Hall–Kier alpha value is -4.20. The second-order valence-corrected chi connectivity index (χ2v) is 8.88. The zero-order valence-corrected chi connectivity index (χ0v) is 19.7. The van der Waals surface area contributed by atoms with E-state index in [1.165, 1.54) is 24.7 Å². The van der Waals surface area contributed by atoms with Crippen molar-refractivity contribution in [3.8, 4) is 11.1 Å². The first kappa shape index (κ1) is 24.9. The van der Waals surface area contributed by atoms with Crippen LogP contribution in [0.15, 0.2) is 91.3 Å². The molecule has 0 fully saturated rings. The Labute approximate surface area is 206 Å². The van der Waals surface area contributed by atoms with E-state index in [0.29, 0.717) is 0 Å². The molecule has 1 amide bonds. The van der Waals surface area contributed by atoms with Crippen LogP contribution in [0.25, 0.3) is 11.1 Å². The maximum atomic E-state index is 13.7. The molecule has 0 aliphatic rings. The first-order chi connectivity index (χ1) is 17.1. The molecule has 184 valence electrons. The molecule has 1 N–H and O–H groups in total. The third-order valence-corrected chi connectivity index (χ3v) is 5.95. The maximum Gasteiger partial charge on any atom is 0.418 e. The number of Topliss-reactive ketones (excluding diaryl/α,β-unsaturated/α-hetero) is 1. The number of anilines is 1. The lowest BCUT2D eigenvalue weighted by atomic mass is 9.98. The molecule has 8 heteroatoms. The van der Waals surface area contributed by atoms with E-state index in [1.807, 2.05) is 54.6 Å². The van der Waals surface area contributed by atoms with Gasteiger partial charge in [0.25, 0.3) is 5.91 Å². The average Bonchev–Trinajstić information content (AvgIpc) is 3.40. The molecule has 36 heavy (non-hydrogen) atoms. The van der Waals surface area contributed by atoms with E-state index >= 15 is 0 Å². The summed E-state index contributed by atoms with van der Waals surface area (Å²) in [5, 5.41) is 6.38. The number of halogens is 3. The summed E-state index contributed by atoms with van der Waals surface area (Å²) >= 11 is 0. The number of nitrogens with one attached hydrogen (secondary N) is 1. The molecule has 0 aliphatic heterocycles. The van der Waals surface area contributed by atoms with E-state index in [9.17, 15) is 22.8 Å². The summed E-state index contributed by atoms with van der Waals surface area (Å²) in [4.78, 5) is 25.9. The van der Waals surface area contributed by atoms with Gasteiger partial charge < -0.3 is 5.32 Å². The first-order valence-corrected chi connectivity index (χ1v) is 11.3. The highest BCUT2D eigenvalue weighted by atomic mass is 19.4. The van der Waals surface area contributed by atoms with Gasteiger partial charge in [0.15, 0.2) is 5.78 Å². The number of amides is 1. The van der Waals surface area contributed by atoms with Gasteiger partial charge in [-0.25, -0.2) is 0 Å². The van der Waals surface area contributed by atoms with Crippen molar-refractivity contribution in [2.75, 3.05) is 5.32 Å². The van der Waals surface area contributed by atoms with Gasteiger partial charge in [-0.1, -0.05) is 60.7 Å². The molecule has 0 atom stereocenters. The molecule has 0 radical (unpaired) electrons. The molecule has 1 aromatic heterocycles. The Morgan fingerprint density at radius 2 is 1.56 bits per heavy atom. The number of hydrogen-bond donors (Lipinski definition) is 1. The Kier molecular flexibility index (Phi) is 6.79. The molecule has 0 aliphatic carbocycles. The molecule has 0 bridgehead atoms. The minimum atomic E-state index is -4.71. The molecule has 4 aromatic rings. The summed E-state index contributed by atoms with van der Waals surface area (Å²) in [5.74, 6) is -1.06. The van der Waals surface area contributed by atoms with Crippen molar-refractivity contribution in [3.63, 3.8) is 0 Å². The maximum absolute atomic E-state index is 13.7. The quantitative estimate of drug-likeness (QED) is 0.306.